The molecule has 0 spiro atoms. The number of carboxylic acid groups (broad SMARTS) is 1. The second-order valence-corrected chi connectivity index (χ2v) is 5.48. The van der Waals surface area contributed by atoms with Gasteiger partial charge in [0.15, 0.2) is 0 Å². The summed E-state index contributed by atoms with van der Waals surface area (Å²) >= 11 is 0. The molecular formula is C15H16N4O3. The van der Waals surface area contributed by atoms with Gasteiger partial charge in [-0.25, -0.2) is 9.48 Å². The molecule has 1 aromatic carbocycles. The van der Waals surface area contributed by atoms with Crippen molar-refractivity contribution in [1.82, 2.24) is 20.3 Å². The van der Waals surface area contributed by atoms with Gasteiger partial charge in [0.05, 0.1) is 23.5 Å². The van der Waals surface area contributed by atoms with Crippen LogP contribution in [0.3, 0.4) is 0 Å². The minimum Gasteiger partial charge on any atom is -0.480 e. The molecule has 2 N–H and O–H groups in total. The average molecular weight is 300 g/mol. The lowest BCUT2D eigenvalue weighted by atomic mass is 10.2. The average Bonchev–Trinajstić information content (AvgIpc) is 3.20. The molecule has 3 rings (SSSR count). The van der Waals surface area contributed by atoms with Gasteiger partial charge in [0.1, 0.15) is 5.54 Å². The molecule has 1 aliphatic rings. The number of aromatic nitrogens is 3. The molecule has 0 aliphatic heterocycles. The van der Waals surface area contributed by atoms with Gasteiger partial charge in [-0.3, -0.25) is 4.79 Å². The fourth-order valence-electron chi connectivity index (χ4n) is 2.32. The molecule has 1 heterocycles. The van der Waals surface area contributed by atoms with Crippen LogP contribution in [-0.4, -0.2) is 37.5 Å². The summed E-state index contributed by atoms with van der Waals surface area (Å²) in [5.74, 6) is -1.33. The van der Waals surface area contributed by atoms with Crippen molar-refractivity contribution in [3.63, 3.8) is 0 Å². The first-order chi connectivity index (χ1) is 10.5. The zero-order valence-electron chi connectivity index (χ0n) is 12.1. The van der Waals surface area contributed by atoms with E-state index in [1.54, 1.807) is 4.68 Å². The third kappa shape index (κ3) is 2.57. The lowest BCUT2D eigenvalue weighted by Crippen LogP contribution is -2.43. The Labute approximate surface area is 126 Å². The van der Waals surface area contributed by atoms with Gasteiger partial charge in [-0.2, -0.15) is 0 Å². The lowest BCUT2D eigenvalue weighted by Gasteiger charge is -2.11. The van der Waals surface area contributed by atoms with E-state index in [0.717, 1.165) is 11.4 Å². The van der Waals surface area contributed by atoms with Crippen LogP contribution >= 0.6 is 0 Å². The lowest BCUT2D eigenvalue weighted by molar-refractivity contribution is -0.143. The molecule has 7 heteroatoms. The summed E-state index contributed by atoms with van der Waals surface area (Å²) in [5, 5.41) is 19.7. The number of para-hydroxylation sites is 1. The van der Waals surface area contributed by atoms with Crippen molar-refractivity contribution in [1.29, 1.82) is 0 Å². The SMILES string of the molecule is Cc1c(CC(=O)NC2(C(=O)O)CC2)nnn1-c1ccccc1. The van der Waals surface area contributed by atoms with E-state index in [1.807, 2.05) is 37.3 Å². The second-order valence-electron chi connectivity index (χ2n) is 5.48. The molecule has 114 valence electrons. The highest BCUT2D eigenvalue weighted by Crippen LogP contribution is 2.35. The third-order valence-corrected chi connectivity index (χ3v) is 3.86. The van der Waals surface area contributed by atoms with Crippen LogP contribution in [0.4, 0.5) is 0 Å². The van der Waals surface area contributed by atoms with E-state index in [4.69, 9.17) is 5.11 Å². The molecular weight excluding hydrogens is 284 g/mol. The summed E-state index contributed by atoms with van der Waals surface area (Å²) in [4.78, 5) is 23.1. The Morgan fingerprint density at radius 1 is 1.32 bits per heavy atom. The number of hydrogen-bond acceptors (Lipinski definition) is 4. The molecule has 7 nitrogen and oxygen atoms in total. The molecule has 0 atom stereocenters. The van der Waals surface area contributed by atoms with Crippen molar-refractivity contribution >= 4 is 11.9 Å². The molecule has 1 aliphatic carbocycles. The maximum absolute atomic E-state index is 12.0. The summed E-state index contributed by atoms with van der Waals surface area (Å²) in [5.41, 5.74) is 1.10. The molecule has 0 saturated heterocycles. The minimum atomic E-state index is -1.07. The number of carbonyl (C=O) groups excluding carboxylic acids is 1. The largest absolute Gasteiger partial charge is 0.480 e. The van der Waals surface area contributed by atoms with E-state index in [2.05, 4.69) is 15.6 Å². The Morgan fingerprint density at radius 3 is 2.59 bits per heavy atom. The molecule has 1 saturated carbocycles. The first-order valence-corrected chi connectivity index (χ1v) is 7.03. The Hall–Kier alpha value is -2.70. The number of benzene rings is 1. The van der Waals surface area contributed by atoms with Crippen LogP contribution in [0.1, 0.15) is 24.2 Å². The third-order valence-electron chi connectivity index (χ3n) is 3.86. The summed E-state index contributed by atoms with van der Waals surface area (Å²) in [6.07, 6.45) is 0.973. The topological polar surface area (TPSA) is 97.1 Å². The molecule has 0 unspecified atom stereocenters. The van der Waals surface area contributed by atoms with Gasteiger partial charge in [-0.05, 0) is 31.9 Å². The van der Waals surface area contributed by atoms with Crippen molar-refractivity contribution in [3.8, 4) is 5.69 Å². The van der Waals surface area contributed by atoms with E-state index in [-0.39, 0.29) is 12.3 Å². The fourth-order valence-corrected chi connectivity index (χ4v) is 2.32. The number of nitrogens with zero attached hydrogens (tertiary/aromatic N) is 3. The number of carboxylic acids is 1. The standard InChI is InChI=1S/C15H16N4O3/c1-10-12(9-13(20)16-15(7-8-15)14(21)22)17-18-19(10)11-5-3-2-4-6-11/h2-6H,7-9H2,1H3,(H,16,20)(H,21,22). The molecule has 1 amide bonds. The van der Waals surface area contributed by atoms with Gasteiger partial charge in [0.25, 0.3) is 0 Å². The van der Waals surface area contributed by atoms with Crippen molar-refractivity contribution in [2.24, 2.45) is 0 Å². The van der Waals surface area contributed by atoms with E-state index in [0.29, 0.717) is 18.5 Å². The van der Waals surface area contributed by atoms with Gasteiger partial charge >= 0.3 is 5.97 Å². The van der Waals surface area contributed by atoms with Crippen LogP contribution in [-0.2, 0) is 16.0 Å². The first-order valence-electron chi connectivity index (χ1n) is 7.03. The number of carbonyl (C=O) groups is 2. The van der Waals surface area contributed by atoms with Crippen LogP contribution in [0.5, 0.6) is 0 Å². The number of rotatable bonds is 5. The zero-order chi connectivity index (χ0) is 15.7. The normalized spacial score (nSPS) is 15.3. The maximum atomic E-state index is 12.0. The van der Waals surface area contributed by atoms with E-state index >= 15 is 0 Å². The van der Waals surface area contributed by atoms with Gasteiger partial charge in [-0.15, -0.1) is 5.10 Å². The monoisotopic (exact) mass is 300 g/mol. The zero-order valence-corrected chi connectivity index (χ0v) is 12.1. The molecule has 1 fully saturated rings. The van der Waals surface area contributed by atoms with E-state index in [1.165, 1.54) is 0 Å². The maximum Gasteiger partial charge on any atom is 0.329 e. The van der Waals surface area contributed by atoms with Gasteiger partial charge < -0.3 is 10.4 Å². The predicted molar refractivity (Wildman–Crippen MR) is 77.5 cm³/mol. The van der Waals surface area contributed by atoms with Gasteiger partial charge in [0.2, 0.25) is 5.91 Å². The molecule has 1 aromatic heterocycles. The number of aliphatic carboxylic acids is 1. The van der Waals surface area contributed by atoms with Gasteiger partial charge in [-0.1, -0.05) is 23.4 Å². The van der Waals surface area contributed by atoms with E-state index in [9.17, 15) is 9.59 Å². The van der Waals surface area contributed by atoms with Crippen LogP contribution < -0.4 is 5.32 Å². The van der Waals surface area contributed by atoms with Gasteiger partial charge in [0, 0.05) is 0 Å². The smallest absolute Gasteiger partial charge is 0.329 e. The van der Waals surface area contributed by atoms with Crippen molar-refractivity contribution < 1.29 is 14.7 Å². The second kappa shape index (κ2) is 5.25. The summed E-state index contributed by atoms with van der Waals surface area (Å²) < 4.78 is 1.66. The van der Waals surface area contributed by atoms with Crippen LogP contribution in [0.25, 0.3) is 5.69 Å². The fraction of sp³-hybridized carbons (Fsp3) is 0.333. The van der Waals surface area contributed by atoms with E-state index < -0.39 is 11.5 Å². The quantitative estimate of drug-likeness (QED) is 0.853. The Morgan fingerprint density at radius 2 is 2.00 bits per heavy atom. The minimum absolute atomic E-state index is 0.0215. The predicted octanol–water partition coefficient (Wildman–Crippen LogP) is 0.852. The van der Waals surface area contributed by atoms with Crippen molar-refractivity contribution in [3.05, 3.63) is 41.7 Å². The summed E-state index contributed by atoms with van der Waals surface area (Å²) in [7, 11) is 0. The van der Waals surface area contributed by atoms with Crippen LogP contribution in [0, 0.1) is 6.92 Å². The molecule has 0 radical (unpaired) electrons. The summed E-state index contributed by atoms with van der Waals surface area (Å²) in [6, 6.07) is 9.49. The first kappa shape index (κ1) is 14.2. The number of nitrogens with one attached hydrogen (secondary N) is 1. The van der Waals surface area contributed by atoms with Crippen molar-refractivity contribution in [2.45, 2.75) is 31.7 Å². The number of hydrogen-bond donors (Lipinski definition) is 2. The van der Waals surface area contributed by atoms with Crippen LogP contribution in [0.2, 0.25) is 0 Å². The Balaban J connectivity index is 1.73. The summed E-state index contributed by atoms with van der Waals surface area (Å²) in [6.45, 7) is 1.83. The molecule has 2 aromatic rings. The van der Waals surface area contributed by atoms with Crippen LogP contribution in [0.15, 0.2) is 30.3 Å². The van der Waals surface area contributed by atoms with Crippen molar-refractivity contribution in [2.75, 3.05) is 0 Å². The molecule has 22 heavy (non-hydrogen) atoms. The highest BCUT2D eigenvalue weighted by Gasteiger charge is 2.51. The highest BCUT2D eigenvalue weighted by molar-refractivity contribution is 5.90. The Bertz CT molecular complexity index is 720. The Kier molecular flexibility index (Phi) is 3.40. The molecule has 0 bridgehead atoms. The number of amides is 1. The highest BCUT2D eigenvalue weighted by atomic mass is 16.4.